The van der Waals surface area contributed by atoms with Crippen LogP contribution in [0.3, 0.4) is 0 Å². The fourth-order valence-corrected chi connectivity index (χ4v) is 3.52. The van der Waals surface area contributed by atoms with Crippen LogP contribution >= 0.6 is 11.6 Å². The minimum atomic E-state index is -1.72. The number of methoxy groups -OCH3 is 1. The number of halogens is 1. The summed E-state index contributed by atoms with van der Waals surface area (Å²) in [5.74, 6) is 0.241. The molecule has 0 spiro atoms. The van der Waals surface area contributed by atoms with Crippen molar-refractivity contribution in [2.45, 2.75) is 6.54 Å². The van der Waals surface area contributed by atoms with E-state index in [2.05, 4.69) is 9.97 Å². The molecule has 0 atom stereocenters. The van der Waals surface area contributed by atoms with E-state index in [0.717, 1.165) is 22.4 Å². The number of benzene rings is 2. The first kappa shape index (κ1) is 21.1. The highest BCUT2D eigenvalue weighted by atomic mass is 35.5. The third-order valence-electron chi connectivity index (χ3n) is 4.85. The van der Waals surface area contributed by atoms with Crippen molar-refractivity contribution in [2.75, 3.05) is 12.0 Å². The Labute approximate surface area is 187 Å². The van der Waals surface area contributed by atoms with Crippen LogP contribution in [0.2, 0.25) is 5.15 Å². The Balaban J connectivity index is 1.65. The van der Waals surface area contributed by atoms with Crippen molar-refractivity contribution in [1.82, 2.24) is 14.5 Å². The number of ether oxygens (including phenoxy) is 1. The van der Waals surface area contributed by atoms with E-state index in [1.165, 1.54) is 0 Å². The van der Waals surface area contributed by atoms with Crippen LogP contribution in [0.25, 0.3) is 22.2 Å². The lowest BCUT2D eigenvalue weighted by atomic mass is 10.0. The Kier molecular flexibility index (Phi) is 5.65. The van der Waals surface area contributed by atoms with Crippen LogP contribution in [0.15, 0.2) is 60.8 Å². The minimum absolute atomic E-state index is 0.0194. The van der Waals surface area contributed by atoms with E-state index in [0.29, 0.717) is 17.6 Å². The zero-order valence-electron chi connectivity index (χ0n) is 16.8. The van der Waals surface area contributed by atoms with Crippen molar-refractivity contribution in [3.63, 3.8) is 0 Å². The van der Waals surface area contributed by atoms with E-state index in [1.807, 2.05) is 48.5 Å². The van der Waals surface area contributed by atoms with Gasteiger partial charge < -0.3 is 19.5 Å². The summed E-state index contributed by atoms with van der Waals surface area (Å²) in [5.41, 5.74) is 3.33. The fraction of sp³-hybridized carbons (Fsp3) is 0.0909. The zero-order valence-corrected chi connectivity index (χ0v) is 17.5. The van der Waals surface area contributed by atoms with Crippen LogP contribution in [0, 0.1) is 0 Å². The maximum absolute atomic E-state index is 11.3. The third kappa shape index (κ3) is 4.06. The van der Waals surface area contributed by atoms with Gasteiger partial charge in [0.1, 0.15) is 16.5 Å². The molecular formula is C22H17ClN4O5. The molecule has 0 aliphatic rings. The molecule has 0 fully saturated rings. The minimum Gasteiger partial charge on any atom is -0.497 e. The number of hydrogen-bond acceptors (Lipinski definition) is 5. The maximum atomic E-state index is 11.3. The monoisotopic (exact) mass is 452 g/mol. The van der Waals surface area contributed by atoms with E-state index >= 15 is 0 Å². The van der Waals surface area contributed by atoms with Crippen molar-refractivity contribution >= 4 is 40.8 Å². The van der Waals surface area contributed by atoms with Crippen molar-refractivity contribution in [3.05, 3.63) is 71.5 Å². The number of hydrogen-bond donors (Lipinski definition) is 2. The average molecular weight is 453 g/mol. The first-order valence-corrected chi connectivity index (χ1v) is 9.77. The predicted molar refractivity (Wildman–Crippen MR) is 119 cm³/mol. The normalized spacial score (nSPS) is 10.8. The molecule has 0 saturated carbocycles. The summed E-state index contributed by atoms with van der Waals surface area (Å²) in [5, 5.41) is 18.8. The average Bonchev–Trinajstić information content (AvgIpc) is 3.17. The van der Waals surface area contributed by atoms with Crippen LogP contribution < -0.4 is 9.64 Å². The highest BCUT2D eigenvalue weighted by Crippen LogP contribution is 2.27. The number of aromatic nitrogens is 3. The van der Waals surface area contributed by atoms with Crippen molar-refractivity contribution in [1.29, 1.82) is 0 Å². The molecule has 0 saturated heterocycles. The van der Waals surface area contributed by atoms with E-state index in [4.69, 9.17) is 16.3 Å². The lowest BCUT2D eigenvalue weighted by molar-refractivity contribution is 0.184. The Hall–Kier alpha value is -4.11. The zero-order chi connectivity index (χ0) is 22.8. The number of anilines is 1. The smallest absolute Gasteiger partial charge is 0.424 e. The number of fused-ring (bicyclic) bond motifs is 1. The molecule has 162 valence electrons. The summed E-state index contributed by atoms with van der Waals surface area (Å²) in [6, 6.07) is 17.3. The van der Waals surface area contributed by atoms with Crippen molar-refractivity contribution < 1.29 is 24.5 Å². The van der Waals surface area contributed by atoms with Gasteiger partial charge in [-0.2, -0.15) is 9.97 Å². The lowest BCUT2D eigenvalue weighted by Gasteiger charge is -2.13. The quantitative estimate of drug-likeness (QED) is 0.410. The number of carbonyl (C=O) groups is 2. The topological polar surface area (TPSA) is 118 Å². The van der Waals surface area contributed by atoms with Crippen LogP contribution in [-0.4, -0.2) is 44.0 Å². The van der Waals surface area contributed by atoms with Gasteiger partial charge in [0.25, 0.3) is 0 Å². The second-order valence-corrected chi connectivity index (χ2v) is 7.18. The number of rotatable bonds is 5. The van der Waals surface area contributed by atoms with Gasteiger partial charge in [0.15, 0.2) is 0 Å². The first-order chi connectivity index (χ1) is 15.4. The van der Waals surface area contributed by atoms with E-state index < -0.39 is 18.1 Å². The molecule has 9 nitrogen and oxygen atoms in total. The van der Waals surface area contributed by atoms with Crippen molar-refractivity contribution in [3.8, 4) is 16.9 Å². The van der Waals surface area contributed by atoms with Crippen LogP contribution in [0.5, 0.6) is 5.75 Å². The van der Waals surface area contributed by atoms with Crippen molar-refractivity contribution in [2.24, 2.45) is 0 Å². The number of amides is 2. The molecule has 2 aromatic carbocycles. The van der Waals surface area contributed by atoms with Gasteiger partial charge in [0, 0.05) is 12.7 Å². The standard InChI is InChI=1S/C22H17ClN4O5/c1-32-16-4-2-3-15(11-16)14-7-5-13(6-8-14)12-26-10-9-17-18(23)24-20(25-19(17)26)27(21(28)29)22(30)31/h2-11H,12H2,1H3,(H,28,29)(H,30,31). The second kappa shape index (κ2) is 8.56. The molecule has 2 amide bonds. The number of imide groups is 1. The molecule has 0 radical (unpaired) electrons. The lowest BCUT2D eigenvalue weighted by Crippen LogP contribution is -2.35. The van der Waals surface area contributed by atoms with Gasteiger partial charge >= 0.3 is 12.2 Å². The van der Waals surface area contributed by atoms with Crippen LogP contribution in [0.4, 0.5) is 15.5 Å². The van der Waals surface area contributed by atoms with Gasteiger partial charge in [-0.1, -0.05) is 48.0 Å². The van der Waals surface area contributed by atoms with E-state index in [1.54, 1.807) is 23.9 Å². The predicted octanol–water partition coefficient (Wildman–Crippen LogP) is 4.97. The molecule has 4 aromatic rings. The maximum Gasteiger partial charge on any atom is 0.424 e. The highest BCUT2D eigenvalue weighted by Gasteiger charge is 2.26. The molecule has 0 aliphatic heterocycles. The second-order valence-electron chi connectivity index (χ2n) is 6.82. The molecule has 4 rings (SSSR count). The Bertz CT molecular complexity index is 1310. The van der Waals surface area contributed by atoms with Gasteiger partial charge in [0.2, 0.25) is 5.95 Å². The van der Waals surface area contributed by atoms with E-state index in [9.17, 15) is 19.8 Å². The highest BCUT2D eigenvalue weighted by molar-refractivity contribution is 6.34. The SMILES string of the molecule is COc1cccc(-c2ccc(Cn3ccc4c(Cl)nc(N(C(=O)O)C(=O)O)nc43)cc2)c1. The van der Waals surface area contributed by atoms with Crippen LogP contribution in [-0.2, 0) is 6.54 Å². The van der Waals surface area contributed by atoms with Gasteiger partial charge in [-0.3, -0.25) is 0 Å². The Morgan fingerprint density at radius 2 is 1.75 bits per heavy atom. The fourth-order valence-electron chi connectivity index (χ4n) is 3.30. The van der Waals surface area contributed by atoms with Crippen LogP contribution in [0.1, 0.15) is 5.56 Å². The number of carboxylic acid groups (broad SMARTS) is 2. The summed E-state index contributed by atoms with van der Waals surface area (Å²) in [4.78, 5) is 30.6. The number of nitrogens with zero attached hydrogens (tertiary/aromatic N) is 4. The molecule has 10 heteroatoms. The van der Waals surface area contributed by atoms with E-state index in [-0.39, 0.29) is 10.1 Å². The van der Waals surface area contributed by atoms with Gasteiger partial charge in [-0.15, -0.1) is 4.90 Å². The Morgan fingerprint density at radius 1 is 1.03 bits per heavy atom. The summed E-state index contributed by atoms with van der Waals surface area (Å²) >= 11 is 6.16. The van der Waals surface area contributed by atoms with Gasteiger partial charge in [0.05, 0.1) is 12.5 Å². The summed E-state index contributed by atoms with van der Waals surface area (Å²) in [6.45, 7) is 0.412. The van der Waals surface area contributed by atoms with Gasteiger partial charge in [-0.25, -0.2) is 9.59 Å². The molecule has 2 aromatic heterocycles. The molecule has 0 aliphatic carbocycles. The molecule has 2 heterocycles. The molecule has 32 heavy (non-hydrogen) atoms. The summed E-state index contributed by atoms with van der Waals surface area (Å²) < 4.78 is 7.02. The largest absolute Gasteiger partial charge is 0.497 e. The summed E-state index contributed by atoms with van der Waals surface area (Å²) in [6.07, 6.45) is -1.71. The molecular weight excluding hydrogens is 436 g/mol. The summed E-state index contributed by atoms with van der Waals surface area (Å²) in [7, 11) is 1.62. The Morgan fingerprint density at radius 3 is 2.41 bits per heavy atom. The first-order valence-electron chi connectivity index (χ1n) is 9.39. The van der Waals surface area contributed by atoms with Gasteiger partial charge in [-0.05, 0) is 34.9 Å². The third-order valence-corrected chi connectivity index (χ3v) is 5.14. The molecule has 2 N–H and O–H groups in total. The molecule has 0 bridgehead atoms. The molecule has 0 unspecified atom stereocenters.